The fourth-order valence-corrected chi connectivity index (χ4v) is 1.72. The van der Waals surface area contributed by atoms with Gasteiger partial charge in [-0.1, -0.05) is 0 Å². The van der Waals surface area contributed by atoms with Gasteiger partial charge in [0.05, 0.1) is 0 Å². The van der Waals surface area contributed by atoms with Crippen LogP contribution in [0.15, 0.2) is 18.2 Å². The number of carboxylic acid groups (broad SMARTS) is 1. The van der Waals surface area contributed by atoms with Crippen molar-refractivity contribution in [2.24, 2.45) is 7.05 Å². The zero-order valence-electron chi connectivity index (χ0n) is 9.74. The van der Waals surface area contributed by atoms with Crippen molar-refractivity contribution in [1.82, 2.24) is 9.55 Å². The first-order valence-corrected chi connectivity index (χ1v) is 5.14. The van der Waals surface area contributed by atoms with Gasteiger partial charge in [-0.15, -0.1) is 0 Å². The molecule has 1 aromatic heterocycles. The number of benzene rings is 1. The SMILES string of the molecule is Cc1nc(-c2cc(F)ccc2F)c(C(=O)O)n1C. The van der Waals surface area contributed by atoms with Crippen LogP contribution in [0.2, 0.25) is 0 Å². The average molecular weight is 252 g/mol. The lowest BCUT2D eigenvalue weighted by Crippen LogP contribution is -2.07. The largest absolute Gasteiger partial charge is 0.477 e. The van der Waals surface area contributed by atoms with Crippen LogP contribution >= 0.6 is 0 Å². The van der Waals surface area contributed by atoms with Crippen molar-refractivity contribution < 1.29 is 18.7 Å². The maximum atomic E-state index is 13.6. The second kappa shape index (κ2) is 4.21. The lowest BCUT2D eigenvalue weighted by atomic mass is 10.1. The molecule has 0 amide bonds. The molecule has 18 heavy (non-hydrogen) atoms. The summed E-state index contributed by atoms with van der Waals surface area (Å²) in [5.41, 5.74) is -0.396. The Morgan fingerprint density at radius 2 is 2.06 bits per heavy atom. The second-order valence-electron chi connectivity index (χ2n) is 3.84. The summed E-state index contributed by atoms with van der Waals surface area (Å²) >= 11 is 0. The van der Waals surface area contributed by atoms with Crippen LogP contribution < -0.4 is 0 Å². The molecular formula is C12H10F2N2O2. The van der Waals surface area contributed by atoms with Gasteiger partial charge in [0.15, 0.2) is 5.69 Å². The maximum Gasteiger partial charge on any atom is 0.354 e. The van der Waals surface area contributed by atoms with E-state index < -0.39 is 17.6 Å². The Kier molecular flexibility index (Phi) is 2.86. The minimum absolute atomic E-state index is 0.0699. The van der Waals surface area contributed by atoms with Crippen molar-refractivity contribution in [1.29, 1.82) is 0 Å². The van der Waals surface area contributed by atoms with E-state index in [2.05, 4.69) is 4.98 Å². The molecule has 2 rings (SSSR count). The molecule has 0 atom stereocenters. The first-order valence-electron chi connectivity index (χ1n) is 5.14. The quantitative estimate of drug-likeness (QED) is 0.892. The summed E-state index contributed by atoms with van der Waals surface area (Å²) in [5.74, 6) is -2.19. The molecule has 0 unspecified atom stereocenters. The molecule has 4 nitrogen and oxygen atoms in total. The Balaban J connectivity index is 2.75. The number of rotatable bonds is 2. The number of carbonyl (C=O) groups is 1. The third kappa shape index (κ3) is 1.85. The van der Waals surface area contributed by atoms with Crippen LogP contribution in [0.1, 0.15) is 16.3 Å². The summed E-state index contributed by atoms with van der Waals surface area (Å²) < 4.78 is 28.1. The van der Waals surface area contributed by atoms with Gasteiger partial charge in [-0.25, -0.2) is 18.6 Å². The van der Waals surface area contributed by atoms with Gasteiger partial charge < -0.3 is 9.67 Å². The predicted octanol–water partition coefficient (Wildman–Crippen LogP) is 2.37. The Hall–Kier alpha value is -2.24. The smallest absolute Gasteiger partial charge is 0.354 e. The Bertz CT molecular complexity index is 635. The molecule has 0 saturated carbocycles. The van der Waals surface area contributed by atoms with E-state index in [-0.39, 0.29) is 17.0 Å². The van der Waals surface area contributed by atoms with Crippen molar-refractivity contribution in [2.75, 3.05) is 0 Å². The van der Waals surface area contributed by atoms with Gasteiger partial charge in [-0.05, 0) is 25.1 Å². The number of hydrogen-bond donors (Lipinski definition) is 1. The van der Waals surface area contributed by atoms with Crippen molar-refractivity contribution >= 4 is 5.97 Å². The molecule has 2 aromatic rings. The summed E-state index contributed by atoms with van der Waals surface area (Å²) in [7, 11) is 1.51. The van der Waals surface area contributed by atoms with E-state index >= 15 is 0 Å². The van der Waals surface area contributed by atoms with E-state index in [1.54, 1.807) is 6.92 Å². The summed E-state index contributed by atoms with van der Waals surface area (Å²) in [5, 5.41) is 9.10. The molecule has 0 saturated heterocycles. The number of aryl methyl sites for hydroxylation is 1. The molecule has 1 N–H and O–H groups in total. The Morgan fingerprint density at radius 1 is 1.39 bits per heavy atom. The topological polar surface area (TPSA) is 55.1 Å². The molecule has 0 aliphatic carbocycles. The highest BCUT2D eigenvalue weighted by molar-refractivity contribution is 5.93. The minimum atomic E-state index is -1.24. The highest BCUT2D eigenvalue weighted by Crippen LogP contribution is 2.26. The number of nitrogens with zero attached hydrogens (tertiary/aromatic N) is 2. The first kappa shape index (κ1) is 12.2. The van der Waals surface area contributed by atoms with Crippen LogP contribution in [0.3, 0.4) is 0 Å². The number of aromatic carboxylic acids is 1. The minimum Gasteiger partial charge on any atom is -0.477 e. The number of carboxylic acids is 1. The van der Waals surface area contributed by atoms with Crippen molar-refractivity contribution in [3.8, 4) is 11.3 Å². The summed E-state index contributed by atoms with van der Waals surface area (Å²) in [6.07, 6.45) is 0. The second-order valence-corrected chi connectivity index (χ2v) is 3.84. The zero-order chi connectivity index (χ0) is 13.4. The normalized spacial score (nSPS) is 10.7. The summed E-state index contributed by atoms with van der Waals surface area (Å²) in [6.45, 7) is 1.59. The van der Waals surface area contributed by atoms with E-state index in [1.165, 1.54) is 11.6 Å². The van der Waals surface area contributed by atoms with Crippen LogP contribution in [0.4, 0.5) is 8.78 Å². The fourth-order valence-electron chi connectivity index (χ4n) is 1.72. The van der Waals surface area contributed by atoms with Gasteiger partial charge in [-0.2, -0.15) is 0 Å². The average Bonchev–Trinajstić information content (AvgIpc) is 2.59. The van der Waals surface area contributed by atoms with Gasteiger partial charge >= 0.3 is 5.97 Å². The van der Waals surface area contributed by atoms with Gasteiger partial charge in [-0.3, -0.25) is 0 Å². The number of halogens is 2. The van der Waals surface area contributed by atoms with Crippen LogP contribution in [-0.4, -0.2) is 20.6 Å². The van der Waals surface area contributed by atoms with Crippen LogP contribution in [-0.2, 0) is 7.05 Å². The Labute approximate surface area is 102 Å². The van der Waals surface area contributed by atoms with Crippen LogP contribution in [0.25, 0.3) is 11.3 Å². The molecule has 0 spiro atoms. The third-order valence-electron chi connectivity index (χ3n) is 2.70. The monoisotopic (exact) mass is 252 g/mol. The molecule has 6 heteroatoms. The van der Waals surface area contributed by atoms with Gasteiger partial charge in [0.2, 0.25) is 0 Å². The molecule has 94 valence electrons. The molecule has 1 heterocycles. The Morgan fingerprint density at radius 3 is 2.67 bits per heavy atom. The van der Waals surface area contributed by atoms with Gasteiger partial charge in [0, 0.05) is 12.6 Å². The van der Waals surface area contributed by atoms with Crippen molar-refractivity contribution in [3.05, 3.63) is 41.4 Å². The van der Waals surface area contributed by atoms with Crippen LogP contribution in [0.5, 0.6) is 0 Å². The van der Waals surface area contributed by atoms with Gasteiger partial charge in [0.1, 0.15) is 23.2 Å². The molecular weight excluding hydrogens is 242 g/mol. The van der Waals surface area contributed by atoms with E-state index in [9.17, 15) is 13.6 Å². The van der Waals surface area contributed by atoms with Crippen molar-refractivity contribution in [3.63, 3.8) is 0 Å². The summed E-state index contributed by atoms with van der Waals surface area (Å²) in [4.78, 5) is 15.1. The highest BCUT2D eigenvalue weighted by Gasteiger charge is 2.22. The summed E-state index contributed by atoms with van der Waals surface area (Å²) in [6, 6.07) is 2.85. The molecule has 0 aliphatic rings. The molecule has 0 aliphatic heterocycles. The fraction of sp³-hybridized carbons (Fsp3) is 0.167. The number of aromatic nitrogens is 2. The standard InChI is InChI=1S/C12H10F2N2O2/c1-6-15-10(11(12(17)18)16(6)2)8-5-7(13)3-4-9(8)14/h3-5H,1-2H3,(H,17,18). The van der Waals surface area contributed by atoms with E-state index in [0.717, 1.165) is 18.2 Å². The van der Waals surface area contributed by atoms with E-state index in [4.69, 9.17) is 5.11 Å². The van der Waals surface area contributed by atoms with Crippen LogP contribution in [0, 0.1) is 18.6 Å². The first-order chi connectivity index (χ1) is 8.41. The zero-order valence-corrected chi connectivity index (χ0v) is 9.74. The number of imidazole rings is 1. The van der Waals surface area contributed by atoms with E-state index in [1.807, 2.05) is 0 Å². The molecule has 0 fully saturated rings. The molecule has 0 radical (unpaired) electrons. The highest BCUT2D eigenvalue weighted by atomic mass is 19.1. The molecule has 1 aromatic carbocycles. The van der Waals surface area contributed by atoms with E-state index in [0.29, 0.717) is 5.82 Å². The van der Waals surface area contributed by atoms with Crippen molar-refractivity contribution in [2.45, 2.75) is 6.92 Å². The number of hydrogen-bond acceptors (Lipinski definition) is 2. The lowest BCUT2D eigenvalue weighted by Gasteiger charge is -2.03. The molecule has 0 bridgehead atoms. The lowest BCUT2D eigenvalue weighted by molar-refractivity contribution is 0.0687. The van der Waals surface area contributed by atoms with Gasteiger partial charge in [0.25, 0.3) is 0 Å². The third-order valence-corrected chi connectivity index (χ3v) is 2.70. The predicted molar refractivity (Wildman–Crippen MR) is 60.3 cm³/mol. The maximum absolute atomic E-state index is 13.6.